The van der Waals surface area contributed by atoms with E-state index in [0.717, 1.165) is 135 Å². The van der Waals surface area contributed by atoms with Gasteiger partial charge >= 0.3 is 17.9 Å². The molecule has 0 aliphatic heterocycles. The lowest BCUT2D eigenvalue weighted by Crippen LogP contribution is -2.30. The maximum atomic E-state index is 12.9. The molecule has 0 aromatic heterocycles. The van der Waals surface area contributed by atoms with Crippen molar-refractivity contribution in [1.29, 1.82) is 0 Å². The number of esters is 3. The zero-order valence-electron chi connectivity index (χ0n) is 53.0. The zero-order valence-corrected chi connectivity index (χ0v) is 53.0. The van der Waals surface area contributed by atoms with Crippen LogP contribution in [0, 0.1) is 0 Å². The van der Waals surface area contributed by atoms with Gasteiger partial charge in [0.15, 0.2) is 6.10 Å². The highest BCUT2D eigenvalue weighted by atomic mass is 16.6. The third-order valence-electron chi connectivity index (χ3n) is 14.5. The molecule has 1 atom stereocenters. The van der Waals surface area contributed by atoms with Crippen LogP contribution in [0.1, 0.15) is 316 Å². The van der Waals surface area contributed by atoms with Crippen molar-refractivity contribution >= 4 is 17.9 Å². The number of carbonyl (C=O) groups excluding carboxylic acids is 3. The van der Waals surface area contributed by atoms with Crippen LogP contribution in [0.15, 0.2) is 122 Å². The second-order valence-corrected chi connectivity index (χ2v) is 22.3. The molecular formula is C75H126O6. The molecule has 0 aliphatic carbocycles. The van der Waals surface area contributed by atoms with Crippen molar-refractivity contribution < 1.29 is 28.6 Å². The molecule has 0 fully saturated rings. The van der Waals surface area contributed by atoms with E-state index in [4.69, 9.17) is 14.2 Å². The van der Waals surface area contributed by atoms with E-state index in [2.05, 4.69) is 142 Å². The Bertz CT molecular complexity index is 1670. The van der Waals surface area contributed by atoms with Gasteiger partial charge in [0.1, 0.15) is 13.2 Å². The van der Waals surface area contributed by atoms with Crippen LogP contribution in [-0.2, 0) is 28.6 Å². The lowest BCUT2D eigenvalue weighted by Gasteiger charge is -2.18. The van der Waals surface area contributed by atoms with Gasteiger partial charge in [0.2, 0.25) is 0 Å². The number of rotatable bonds is 61. The molecule has 1 unspecified atom stereocenters. The van der Waals surface area contributed by atoms with Crippen molar-refractivity contribution in [3.63, 3.8) is 0 Å². The van der Waals surface area contributed by atoms with Crippen LogP contribution in [-0.4, -0.2) is 37.2 Å². The predicted octanol–water partition coefficient (Wildman–Crippen LogP) is 23.6. The number of allylic oxidation sites excluding steroid dienone is 20. The summed E-state index contributed by atoms with van der Waals surface area (Å²) in [6, 6.07) is 0. The van der Waals surface area contributed by atoms with E-state index in [0.29, 0.717) is 19.3 Å². The van der Waals surface area contributed by atoms with Gasteiger partial charge < -0.3 is 14.2 Å². The Kier molecular flexibility index (Phi) is 64.8. The molecule has 0 saturated carbocycles. The molecule has 6 nitrogen and oxygen atoms in total. The van der Waals surface area contributed by atoms with E-state index >= 15 is 0 Å². The monoisotopic (exact) mass is 1120 g/mol. The average molecular weight is 1120 g/mol. The molecule has 0 saturated heterocycles. The average Bonchev–Trinajstić information content (AvgIpc) is 3.47. The summed E-state index contributed by atoms with van der Waals surface area (Å²) in [5, 5.41) is 0. The molecule has 6 heteroatoms. The molecule has 0 spiro atoms. The molecule has 0 aromatic rings. The summed E-state index contributed by atoms with van der Waals surface area (Å²) in [5.74, 6) is -0.889. The molecule has 0 amide bonds. The summed E-state index contributed by atoms with van der Waals surface area (Å²) in [7, 11) is 0. The molecule has 0 rings (SSSR count). The molecular weight excluding hydrogens is 997 g/mol. The van der Waals surface area contributed by atoms with Crippen molar-refractivity contribution in [2.45, 2.75) is 322 Å². The van der Waals surface area contributed by atoms with Gasteiger partial charge in [-0.2, -0.15) is 0 Å². The third kappa shape index (κ3) is 66.5. The minimum absolute atomic E-state index is 0.0829. The Morgan fingerprint density at radius 1 is 0.259 bits per heavy atom. The lowest BCUT2D eigenvalue weighted by molar-refractivity contribution is -0.167. The van der Waals surface area contributed by atoms with Crippen LogP contribution < -0.4 is 0 Å². The lowest BCUT2D eigenvalue weighted by atomic mass is 10.0. The summed E-state index contributed by atoms with van der Waals surface area (Å²) in [6.45, 7) is 6.42. The first-order valence-electron chi connectivity index (χ1n) is 34.0. The first kappa shape index (κ1) is 76.8. The van der Waals surface area contributed by atoms with E-state index in [9.17, 15) is 14.4 Å². The van der Waals surface area contributed by atoms with Gasteiger partial charge in [-0.3, -0.25) is 14.4 Å². The van der Waals surface area contributed by atoms with Gasteiger partial charge in [0, 0.05) is 19.3 Å². The highest BCUT2D eigenvalue weighted by Gasteiger charge is 2.19. The summed E-state index contributed by atoms with van der Waals surface area (Å²) in [5.41, 5.74) is 0. The maximum absolute atomic E-state index is 12.9. The predicted molar refractivity (Wildman–Crippen MR) is 353 cm³/mol. The van der Waals surface area contributed by atoms with Crippen molar-refractivity contribution in [2.75, 3.05) is 13.2 Å². The van der Waals surface area contributed by atoms with E-state index in [-0.39, 0.29) is 31.1 Å². The number of unbranched alkanes of at least 4 members (excludes halogenated alkanes) is 30. The molecule has 81 heavy (non-hydrogen) atoms. The molecule has 0 N–H and O–H groups in total. The fourth-order valence-electron chi connectivity index (χ4n) is 9.44. The minimum atomic E-state index is -0.788. The second kappa shape index (κ2) is 68.3. The Labute approximate surface area is 501 Å². The van der Waals surface area contributed by atoms with Crippen molar-refractivity contribution in [1.82, 2.24) is 0 Å². The Hall–Kier alpha value is -4.19. The Morgan fingerprint density at radius 3 is 0.753 bits per heavy atom. The van der Waals surface area contributed by atoms with Crippen LogP contribution in [0.4, 0.5) is 0 Å². The first-order valence-corrected chi connectivity index (χ1v) is 34.0. The van der Waals surface area contributed by atoms with Gasteiger partial charge in [-0.25, -0.2) is 0 Å². The smallest absolute Gasteiger partial charge is 0.306 e. The number of ether oxygens (including phenoxy) is 3. The first-order chi connectivity index (χ1) is 40.0. The highest BCUT2D eigenvalue weighted by molar-refractivity contribution is 5.71. The summed E-state index contributed by atoms with van der Waals surface area (Å²) in [4.78, 5) is 38.4. The molecule has 0 aromatic carbocycles. The zero-order chi connectivity index (χ0) is 58.5. The van der Waals surface area contributed by atoms with Gasteiger partial charge in [-0.05, 0) is 109 Å². The second-order valence-electron chi connectivity index (χ2n) is 22.3. The largest absolute Gasteiger partial charge is 0.462 e. The minimum Gasteiger partial charge on any atom is -0.462 e. The SMILES string of the molecule is CC/C=C\C/C=C\C/C=C\C/C=C\C/C=C\C/C=C\CCCCCCCCC(=O)OC(COC(=O)CCCCCCCCCCCCC)COC(=O)CCCCCCCCCCCCCCCC/C=C\C/C=C\C/C=C\C/C=C\CC. The quantitative estimate of drug-likeness (QED) is 0.0261. The van der Waals surface area contributed by atoms with Crippen LogP contribution in [0.3, 0.4) is 0 Å². The van der Waals surface area contributed by atoms with E-state index in [1.807, 2.05) is 0 Å². The summed E-state index contributed by atoms with van der Waals surface area (Å²) >= 11 is 0. The summed E-state index contributed by atoms with van der Waals surface area (Å²) in [6.07, 6.45) is 95.0. The fraction of sp³-hybridized carbons (Fsp3) is 0.693. The van der Waals surface area contributed by atoms with Crippen LogP contribution in [0.25, 0.3) is 0 Å². The van der Waals surface area contributed by atoms with Gasteiger partial charge in [-0.1, -0.05) is 309 Å². The van der Waals surface area contributed by atoms with E-state index < -0.39 is 6.10 Å². The fourth-order valence-corrected chi connectivity index (χ4v) is 9.44. The van der Waals surface area contributed by atoms with E-state index in [1.165, 1.54) is 141 Å². The van der Waals surface area contributed by atoms with Crippen LogP contribution in [0.5, 0.6) is 0 Å². The third-order valence-corrected chi connectivity index (χ3v) is 14.5. The molecule has 0 bridgehead atoms. The van der Waals surface area contributed by atoms with E-state index in [1.54, 1.807) is 0 Å². The van der Waals surface area contributed by atoms with Crippen molar-refractivity contribution in [2.24, 2.45) is 0 Å². The number of carbonyl (C=O) groups is 3. The Morgan fingerprint density at radius 2 is 0.481 bits per heavy atom. The van der Waals surface area contributed by atoms with Gasteiger partial charge in [0.05, 0.1) is 0 Å². The highest BCUT2D eigenvalue weighted by Crippen LogP contribution is 2.17. The van der Waals surface area contributed by atoms with Gasteiger partial charge in [0.25, 0.3) is 0 Å². The topological polar surface area (TPSA) is 78.9 Å². The van der Waals surface area contributed by atoms with Crippen molar-refractivity contribution in [3.8, 4) is 0 Å². The summed E-state index contributed by atoms with van der Waals surface area (Å²) < 4.78 is 16.9. The van der Waals surface area contributed by atoms with Crippen LogP contribution in [0.2, 0.25) is 0 Å². The van der Waals surface area contributed by atoms with Crippen molar-refractivity contribution in [3.05, 3.63) is 122 Å². The Balaban J connectivity index is 4.28. The maximum Gasteiger partial charge on any atom is 0.306 e. The molecule has 0 radical (unpaired) electrons. The normalized spacial score (nSPS) is 12.9. The van der Waals surface area contributed by atoms with Crippen LogP contribution >= 0.6 is 0 Å². The molecule has 0 heterocycles. The molecule has 462 valence electrons. The molecule has 0 aliphatic rings. The van der Waals surface area contributed by atoms with Gasteiger partial charge in [-0.15, -0.1) is 0 Å². The number of hydrogen-bond donors (Lipinski definition) is 0. The number of hydrogen-bond acceptors (Lipinski definition) is 6. The standard InChI is InChI=1S/C75H126O6/c1-4-7-10-13-16-19-22-24-26-28-30-32-34-36-37-39-40-42-44-46-48-50-53-56-59-62-65-68-74(77)80-71-72(70-79-73(76)67-64-61-58-55-52-21-18-15-12-9-6-3)81-75(78)69-66-63-60-57-54-51-49-47-45-43-41-38-35-33-31-29-27-25-23-20-17-14-11-8-5-2/h7-8,10-11,16-17,19-20,24-27,30-33,38,41,45,47,72H,4-6,9,12-15,18,21-23,28-29,34-37,39-40,42-44,46,48-71H2,1-3H3/b10-7-,11-8-,19-16-,20-17-,26-24-,27-25-,32-30-,33-31-,41-38-,47-45-.